The summed E-state index contributed by atoms with van der Waals surface area (Å²) in [6.07, 6.45) is -4.70. The number of carbonyl (C=O) groups excluding carboxylic acids is 1. The Hall–Kier alpha value is -2.99. The lowest BCUT2D eigenvalue weighted by Gasteiger charge is -2.10. The normalized spacial score (nSPS) is 11.9. The lowest BCUT2D eigenvalue weighted by atomic mass is 10.1. The quantitative estimate of drug-likeness (QED) is 0.553. The van der Waals surface area contributed by atoms with E-state index in [0.717, 1.165) is 24.3 Å². The molecule has 0 saturated carbocycles. The Kier molecular flexibility index (Phi) is 6.04. The summed E-state index contributed by atoms with van der Waals surface area (Å²) in [5, 5.41) is 13.5. The van der Waals surface area contributed by atoms with Crippen LogP contribution in [0.5, 0.6) is 0 Å². The van der Waals surface area contributed by atoms with Crippen molar-refractivity contribution in [3.63, 3.8) is 0 Å². The maximum atomic E-state index is 12.3. The van der Waals surface area contributed by atoms with Gasteiger partial charge in [-0.1, -0.05) is 12.1 Å². The van der Waals surface area contributed by atoms with E-state index in [1.165, 1.54) is 29.8 Å². The van der Waals surface area contributed by atoms with E-state index in [4.69, 9.17) is 0 Å². The number of nitro benzene ring substituents is 1. The average Bonchev–Trinajstić information content (AvgIpc) is 2.59. The molecule has 0 aliphatic rings. The Labute approximate surface area is 157 Å². The molecule has 12 heteroatoms. The van der Waals surface area contributed by atoms with Gasteiger partial charge in [-0.25, -0.2) is 13.1 Å². The summed E-state index contributed by atoms with van der Waals surface area (Å²) in [7, 11) is -4.39. The van der Waals surface area contributed by atoms with Crippen LogP contribution in [0, 0.1) is 17.0 Å². The van der Waals surface area contributed by atoms with E-state index in [0.29, 0.717) is 0 Å². The molecule has 0 heterocycles. The number of nitrogens with zero attached hydrogens (tertiary/aromatic N) is 1. The monoisotopic (exact) mass is 417 g/mol. The molecule has 0 saturated heterocycles. The Balaban J connectivity index is 2.18. The van der Waals surface area contributed by atoms with Crippen molar-refractivity contribution in [1.29, 1.82) is 0 Å². The van der Waals surface area contributed by atoms with Crippen molar-refractivity contribution in [2.24, 2.45) is 0 Å². The third-order valence-electron chi connectivity index (χ3n) is 3.55. The minimum Gasteiger partial charge on any atom is -0.322 e. The fourth-order valence-corrected chi connectivity index (χ4v) is 3.28. The van der Waals surface area contributed by atoms with Crippen LogP contribution in [0.4, 0.5) is 24.5 Å². The van der Waals surface area contributed by atoms with Gasteiger partial charge in [0.05, 0.1) is 9.82 Å². The topological polar surface area (TPSA) is 118 Å². The molecule has 0 unspecified atom stereocenters. The van der Waals surface area contributed by atoms with Gasteiger partial charge in [0.25, 0.3) is 11.6 Å². The molecule has 0 spiro atoms. The van der Waals surface area contributed by atoms with Crippen molar-refractivity contribution in [2.75, 3.05) is 11.9 Å². The molecule has 28 heavy (non-hydrogen) atoms. The molecule has 0 aromatic heterocycles. The molecule has 2 aromatic rings. The van der Waals surface area contributed by atoms with Gasteiger partial charge in [0, 0.05) is 11.3 Å². The summed E-state index contributed by atoms with van der Waals surface area (Å²) < 4.78 is 61.5. The van der Waals surface area contributed by atoms with Gasteiger partial charge in [-0.15, -0.1) is 0 Å². The number of alkyl halides is 3. The summed E-state index contributed by atoms with van der Waals surface area (Å²) in [5.74, 6) is -0.791. The average molecular weight is 417 g/mol. The van der Waals surface area contributed by atoms with Gasteiger partial charge in [-0.2, -0.15) is 13.2 Å². The van der Waals surface area contributed by atoms with E-state index in [-0.39, 0.29) is 22.5 Å². The third-order valence-corrected chi connectivity index (χ3v) is 4.97. The molecule has 1 amide bonds. The second kappa shape index (κ2) is 7.94. The number of benzene rings is 2. The third kappa shape index (κ3) is 5.27. The fraction of sp³-hybridized carbons (Fsp3) is 0.188. The summed E-state index contributed by atoms with van der Waals surface area (Å²) in [4.78, 5) is 22.4. The summed E-state index contributed by atoms with van der Waals surface area (Å²) in [5.41, 5.74) is -0.158. The smallest absolute Gasteiger partial charge is 0.322 e. The SMILES string of the molecule is Cc1cccc(C(=O)Nc2ccc(S(=O)(=O)NCC(F)(F)F)cc2)c1[N+](=O)[O-]. The zero-order chi connectivity index (χ0) is 21.1. The number of aryl methyl sites for hydroxylation is 1. The standard InChI is InChI=1S/C16H14F3N3O5S/c1-10-3-2-4-13(14(10)22(24)25)15(23)21-11-5-7-12(8-6-11)28(26,27)20-9-16(17,18)19/h2-8,20H,9H2,1H3,(H,21,23). The van der Waals surface area contributed by atoms with Crippen molar-refractivity contribution in [3.05, 3.63) is 63.7 Å². The Morgan fingerprint density at radius 1 is 1.14 bits per heavy atom. The number of carbonyl (C=O) groups is 1. The minimum atomic E-state index is -4.70. The first kappa shape index (κ1) is 21.3. The number of anilines is 1. The highest BCUT2D eigenvalue weighted by molar-refractivity contribution is 7.89. The van der Waals surface area contributed by atoms with Crippen LogP contribution < -0.4 is 10.0 Å². The maximum Gasteiger partial charge on any atom is 0.402 e. The van der Waals surface area contributed by atoms with Gasteiger partial charge in [0.15, 0.2) is 0 Å². The van der Waals surface area contributed by atoms with Crippen LogP contribution in [-0.2, 0) is 10.0 Å². The molecular formula is C16H14F3N3O5S. The number of para-hydroxylation sites is 1. The first-order chi connectivity index (χ1) is 12.9. The summed E-state index contributed by atoms with van der Waals surface area (Å²) in [6.45, 7) is -0.243. The molecule has 8 nitrogen and oxygen atoms in total. The predicted molar refractivity (Wildman–Crippen MR) is 93.5 cm³/mol. The van der Waals surface area contributed by atoms with Gasteiger partial charge in [0.2, 0.25) is 10.0 Å². The molecule has 0 aliphatic heterocycles. The van der Waals surface area contributed by atoms with Crippen LogP contribution in [0.25, 0.3) is 0 Å². The molecule has 0 aliphatic carbocycles. The molecule has 0 radical (unpaired) electrons. The molecule has 150 valence electrons. The zero-order valence-electron chi connectivity index (χ0n) is 14.3. The number of rotatable bonds is 6. The fourth-order valence-electron chi connectivity index (χ4n) is 2.26. The van der Waals surface area contributed by atoms with Gasteiger partial charge in [-0.05, 0) is 37.3 Å². The predicted octanol–water partition coefficient (Wildman–Crippen LogP) is 3.00. The van der Waals surface area contributed by atoms with Crippen LogP contribution in [0.2, 0.25) is 0 Å². The van der Waals surface area contributed by atoms with E-state index in [1.807, 2.05) is 0 Å². The van der Waals surface area contributed by atoms with Crippen molar-refractivity contribution in [1.82, 2.24) is 4.72 Å². The zero-order valence-corrected chi connectivity index (χ0v) is 15.1. The number of halogens is 3. The molecule has 0 bridgehead atoms. The van der Waals surface area contributed by atoms with Gasteiger partial charge in [-0.3, -0.25) is 14.9 Å². The summed E-state index contributed by atoms with van der Waals surface area (Å²) in [6, 6.07) is 8.52. The Bertz CT molecular complexity index is 1010. The largest absolute Gasteiger partial charge is 0.402 e. The number of hydrogen-bond donors (Lipinski definition) is 2. The maximum absolute atomic E-state index is 12.3. The van der Waals surface area contributed by atoms with E-state index >= 15 is 0 Å². The first-order valence-electron chi connectivity index (χ1n) is 7.62. The molecule has 2 aromatic carbocycles. The number of hydrogen-bond acceptors (Lipinski definition) is 5. The number of sulfonamides is 1. The van der Waals surface area contributed by atoms with Crippen molar-refractivity contribution >= 4 is 27.3 Å². The molecule has 2 N–H and O–H groups in total. The molecular weight excluding hydrogens is 403 g/mol. The molecule has 2 rings (SSSR count). The first-order valence-corrected chi connectivity index (χ1v) is 9.11. The van der Waals surface area contributed by atoms with Crippen LogP contribution in [0.3, 0.4) is 0 Å². The highest BCUT2D eigenvalue weighted by Gasteiger charge is 2.30. The minimum absolute atomic E-state index is 0.107. The number of nitrogens with one attached hydrogen (secondary N) is 2. The van der Waals surface area contributed by atoms with E-state index in [1.54, 1.807) is 0 Å². The summed E-state index contributed by atoms with van der Waals surface area (Å²) >= 11 is 0. The van der Waals surface area contributed by atoms with E-state index < -0.39 is 38.5 Å². The van der Waals surface area contributed by atoms with Gasteiger partial charge >= 0.3 is 6.18 Å². The van der Waals surface area contributed by atoms with Gasteiger partial charge in [0.1, 0.15) is 12.1 Å². The number of nitro groups is 1. The van der Waals surface area contributed by atoms with Crippen molar-refractivity contribution < 1.29 is 31.3 Å². The highest BCUT2D eigenvalue weighted by Crippen LogP contribution is 2.24. The lowest BCUT2D eigenvalue weighted by molar-refractivity contribution is -0.385. The Morgan fingerprint density at radius 3 is 2.29 bits per heavy atom. The second-order valence-electron chi connectivity index (χ2n) is 5.65. The van der Waals surface area contributed by atoms with Crippen molar-refractivity contribution in [3.8, 4) is 0 Å². The lowest BCUT2D eigenvalue weighted by Crippen LogP contribution is -2.33. The van der Waals surface area contributed by atoms with Crippen LogP contribution in [-0.4, -0.2) is 32.0 Å². The van der Waals surface area contributed by atoms with Crippen LogP contribution in [0.15, 0.2) is 47.4 Å². The van der Waals surface area contributed by atoms with E-state index in [2.05, 4.69) is 5.32 Å². The second-order valence-corrected chi connectivity index (χ2v) is 7.41. The highest BCUT2D eigenvalue weighted by atomic mass is 32.2. The van der Waals surface area contributed by atoms with Crippen LogP contribution in [0.1, 0.15) is 15.9 Å². The van der Waals surface area contributed by atoms with Crippen LogP contribution >= 0.6 is 0 Å². The Morgan fingerprint density at radius 2 is 1.75 bits per heavy atom. The van der Waals surface area contributed by atoms with Gasteiger partial charge < -0.3 is 5.32 Å². The molecule has 0 atom stereocenters. The number of amides is 1. The van der Waals surface area contributed by atoms with Crippen molar-refractivity contribution in [2.45, 2.75) is 18.0 Å². The van der Waals surface area contributed by atoms with E-state index in [9.17, 15) is 36.5 Å². The molecule has 0 fully saturated rings.